The van der Waals surface area contributed by atoms with Crippen molar-refractivity contribution in [2.24, 2.45) is 5.73 Å². The third-order valence-electron chi connectivity index (χ3n) is 1.76. The molecule has 0 rings (SSSR count). The summed E-state index contributed by atoms with van der Waals surface area (Å²) in [6, 6.07) is -0.294. The molecule has 0 aliphatic heterocycles. The van der Waals surface area contributed by atoms with Crippen molar-refractivity contribution in [1.82, 2.24) is 5.32 Å². The van der Waals surface area contributed by atoms with Crippen LogP contribution in [-0.2, 0) is 14.3 Å². The molecular weight excluding hydrogens is 184 g/mol. The molecule has 0 heterocycles. The molecule has 0 aliphatic rings. The van der Waals surface area contributed by atoms with Crippen molar-refractivity contribution < 1.29 is 14.3 Å². The molecule has 1 atom stereocenters. The summed E-state index contributed by atoms with van der Waals surface area (Å²) in [4.78, 5) is 10.6. The van der Waals surface area contributed by atoms with Gasteiger partial charge >= 0.3 is 0 Å². The van der Waals surface area contributed by atoms with E-state index < -0.39 is 0 Å². The summed E-state index contributed by atoms with van der Waals surface area (Å²) in [5, 5.41) is 2.94. The number of nitrogens with two attached hydrogens (primary N) is 1. The molecule has 84 valence electrons. The Morgan fingerprint density at radius 1 is 1.43 bits per heavy atom. The number of methoxy groups -OCH3 is 1. The molecule has 1 amide bonds. The van der Waals surface area contributed by atoms with Crippen LogP contribution in [0.3, 0.4) is 0 Å². The molecule has 0 fully saturated rings. The van der Waals surface area contributed by atoms with Gasteiger partial charge < -0.3 is 20.5 Å². The maximum Gasteiger partial charge on any atom is 0.234 e. The van der Waals surface area contributed by atoms with Crippen molar-refractivity contribution >= 4 is 5.91 Å². The van der Waals surface area contributed by atoms with Gasteiger partial charge in [0.25, 0.3) is 0 Å². The molecular formula is C9H20N2O3. The van der Waals surface area contributed by atoms with Crippen LogP contribution in [0.2, 0.25) is 0 Å². The smallest absolute Gasteiger partial charge is 0.234 e. The number of carbonyl (C=O) groups excluding carboxylic acids is 1. The fraction of sp³-hybridized carbons (Fsp3) is 0.889. The first kappa shape index (κ1) is 13.4. The zero-order valence-electron chi connectivity index (χ0n) is 8.91. The van der Waals surface area contributed by atoms with Crippen LogP contribution in [0.4, 0.5) is 0 Å². The summed E-state index contributed by atoms with van der Waals surface area (Å²) >= 11 is 0. The SMILES string of the molecule is COCCCOCCNC(C)C(N)=O. The van der Waals surface area contributed by atoms with Gasteiger partial charge in [-0.1, -0.05) is 0 Å². The average Bonchev–Trinajstić information content (AvgIpc) is 2.16. The Kier molecular flexibility index (Phi) is 8.51. The quantitative estimate of drug-likeness (QED) is 0.497. The van der Waals surface area contributed by atoms with E-state index in [0.29, 0.717) is 26.4 Å². The number of nitrogens with one attached hydrogen (secondary N) is 1. The largest absolute Gasteiger partial charge is 0.385 e. The molecule has 1 unspecified atom stereocenters. The molecule has 0 aromatic carbocycles. The van der Waals surface area contributed by atoms with Gasteiger partial charge in [-0.2, -0.15) is 0 Å². The number of carbonyl (C=O) groups is 1. The van der Waals surface area contributed by atoms with Gasteiger partial charge in [0.2, 0.25) is 5.91 Å². The molecule has 0 radical (unpaired) electrons. The number of primary amides is 1. The second-order valence-electron chi connectivity index (χ2n) is 3.04. The van der Waals surface area contributed by atoms with E-state index in [1.165, 1.54) is 0 Å². The zero-order chi connectivity index (χ0) is 10.8. The Morgan fingerprint density at radius 3 is 2.71 bits per heavy atom. The second kappa shape index (κ2) is 8.93. The van der Waals surface area contributed by atoms with E-state index in [2.05, 4.69) is 5.32 Å². The minimum Gasteiger partial charge on any atom is -0.385 e. The van der Waals surface area contributed by atoms with Gasteiger partial charge in [-0.05, 0) is 13.3 Å². The van der Waals surface area contributed by atoms with Gasteiger partial charge in [-0.3, -0.25) is 4.79 Å². The van der Waals surface area contributed by atoms with Crippen molar-refractivity contribution in [1.29, 1.82) is 0 Å². The highest BCUT2D eigenvalue weighted by Gasteiger charge is 2.05. The fourth-order valence-corrected chi connectivity index (χ4v) is 0.856. The Hall–Kier alpha value is -0.650. The van der Waals surface area contributed by atoms with E-state index in [0.717, 1.165) is 6.42 Å². The maximum atomic E-state index is 10.6. The molecule has 0 aromatic rings. The van der Waals surface area contributed by atoms with Gasteiger partial charge in [0, 0.05) is 26.9 Å². The van der Waals surface area contributed by atoms with Crippen molar-refractivity contribution in [3.63, 3.8) is 0 Å². The normalized spacial score (nSPS) is 12.7. The lowest BCUT2D eigenvalue weighted by atomic mass is 10.3. The third kappa shape index (κ3) is 7.97. The van der Waals surface area contributed by atoms with Crippen molar-refractivity contribution in [3.8, 4) is 0 Å². The van der Waals surface area contributed by atoms with E-state index in [9.17, 15) is 4.79 Å². The first-order valence-corrected chi connectivity index (χ1v) is 4.78. The Labute approximate surface area is 84.9 Å². The topological polar surface area (TPSA) is 73.6 Å². The monoisotopic (exact) mass is 204 g/mol. The molecule has 5 heteroatoms. The van der Waals surface area contributed by atoms with E-state index in [1.54, 1.807) is 14.0 Å². The molecule has 14 heavy (non-hydrogen) atoms. The lowest BCUT2D eigenvalue weighted by Crippen LogP contribution is -2.40. The first-order chi connectivity index (χ1) is 6.68. The van der Waals surface area contributed by atoms with Crippen LogP contribution in [0.25, 0.3) is 0 Å². The molecule has 0 spiro atoms. The predicted octanol–water partition coefficient (Wildman–Crippen LogP) is -0.497. The van der Waals surface area contributed by atoms with Gasteiger partial charge in [0.15, 0.2) is 0 Å². The zero-order valence-corrected chi connectivity index (χ0v) is 8.91. The third-order valence-corrected chi connectivity index (χ3v) is 1.76. The van der Waals surface area contributed by atoms with Gasteiger partial charge in [-0.25, -0.2) is 0 Å². The highest BCUT2D eigenvalue weighted by Crippen LogP contribution is 1.83. The fourth-order valence-electron chi connectivity index (χ4n) is 0.856. The molecule has 0 saturated carbocycles. The Morgan fingerprint density at radius 2 is 2.14 bits per heavy atom. The van der Waals surface area contributed by atoms with Gasteiger partial charge in [0.1, 0.15) is 0 Å². The number of ether oxygens (including phenoxy) is 2. The van der Waals surface area contributed by atoms with E-state index in [4.69, 9.17) is 15.2 Å². The van der Waals surface area contributed by atoms with Crippen LogP contribution < -0.4 is 11.1 Å². The summed E-state index contributed by atoms with van der Waals surface area (Å²) < 4.78 is 10.1. The summed E-state index contributed by atoms with van der Waals surface area (Å²) in [5.74, 6) is -0.343. The number of rotatable bonds is 9. The first-order valence-electron chi connectivity index (χ1n) is 4.78. The highest BCUT2D eigenvalue weighted by molar-refractivity contribution is 5.79. The van der Waals surface area contributed by atoms with Crippen molar-refractivity contribution in [3.05, 3.63) is 0 Å². The summed E-state index contributed by atoms with van der Waals surface area (Å²) in [6.45, 7) is 4.34. The predicted molar refractivity (Wildman–Crippen MR) is 54.0 cm³/mol. The van der Waals surface area contributed by atoms with Crippen LogP contribution in [0.15, 0.2) is 0 Å². The van der Waals surface area contributed by atoms with Crippen LogP contribution in [0.5, 0.6) is 0 Å². The van der Waals surface area contributed by atoms with Gasteiger partial charge in [-0.15, -0.1) is 0 Å². The van der Waals surface area contributed by atoms with Crippen LogP contribution in [-0.4, -0.2) is 45.4 Å². The van der Waals surface area contributed by atoms with Crippen molar-refractivity contribution in [2.45, 2.75) is 19.4 Å². The minimum absolute atomic E-state index is 0.294. The van der Waals surface area contributed by atoms with Crippen LogP contribution in [0.1, 0.15) is 13.3 Å². The lowest BCUT2D eigenvalue weighted by molar-refractivity contribution is -0.119. The lowest BCUT2D eigenvalue weighted by Gasteiger charge is -2.09. The molecule has 0 aliphatic carbocycles. The van der Waals surface area contributed by atoms with Crippen molar-refractivity contribution in [2.75, 3.05) is 33.5 Å². The van der Waals surface area contributed by atoms with Crippen LogP contribution in [0, 0.1) is 0 Å². The molecule has 5 nitrogen and oxygen atoms in total. The number of hydrogen-bond acceptors (Lipinski definition) is 4. The maximum absolute atomic E-state index is 10.6. The minimum atomic E-state index is -0.343. The highest BCUT2D eigenvalue weighted by atomic mass is 16.5. The van der Waals surface area contributed by atoms with E-state index in [-0.39, 0.29) is 11.9 Å². The number of amides is 1. The Bertz CT molecular complexity index is 153. The van der Waals surface area contributed by atoms with E-state index in [1.807, 2.05) is 0 Å². The summed E-state index contributed by atoms with van der Waals surface area (Å²) in [6.07, 6.45) is 0.891. The molecule has 0 saturated heterocycles. The molecule has 3 N–H and O–H groups in total. The summed E-state index contributed by atoms with van der Waals surface area (Å²) in [7, 11) is 1.66. The standard InChI is InChI=1S/C9H20N2O3/c1-8(9(10)12)11-4-7-14-6-3-5-13-2/h8,11H,3-7H2,1-2H3,(H2,10,12). The van der Waals surface area contributed by atoms with Crippen LogP contribution >= 0.6 is 0 Å². The Balaban J connectivity index is 3.09. The van der Waals surface area contributed by atoms with Gasteiger partial charge in [0.05, 0.1) is 12.6 Å². The number of hydrogen-bond donors (Lipinski definition) is 2. The molecule has 0 aromatic heterocycles. The second-order valence-corrected chi connectivity index (χ2v) is 3.04. The average molecular weight is 204 g/mol. The molecule has 0 bridgehead atoms. The van der Waals surface area contributed by atoms with E-state index >= 15 is 0 Å². The summed E-state index contributed by atoms with van der Waals surface area (Å²) in [5.41, 5.74) is 5.06.